The number of nitrogens with one attached hydrogen (secondary N) is 1. The van der Waals surface area contributed by atoms with Gasteiger partial charge in [0.2, 0.25) is 5.95 Å². The number of fused-ring (bicyclic) bond motifs is 1. The van der Waals surface area contributed by atoms with E-state index in [0.29, 0.717) is 23.6 Å². The molecule has 7 rings (SSSR count). The maximum atomic E-state index is 14.3. The molecule has 1 saturated heterocycles. The molecule has 51 heavy (non-hydrogen) atoms. The maximum Gasteiger partial charge on any atom is 0.261 e. The molecule has 1 fully saturated rings. The SMILES string of the molecule is C#Cc1ccc2[nH]c(S(=O)(=O)N3CCN(c4ncc(-c5ccncc5)cn4)C(CO[Si](c4ccccc4)(c4ccccc4)C(C)(C)C)C3)cc2c1. The molecule has 258 valence electrons. The molecular formula is C40H40N6O3SSi. The summed E-state index contributed by atoms with van der Waals surface area (Å²) in [6.07, 6.45) is 12.7. The summed E-state index contributed by atoms with van der Waals surface area (Å²) in [5.41, 5.74) is 3.23. The normalized spacial score (nSPS) is 15.9. The van der Waals surface area contributed by atoms with Gasteiger partial charge in [-0.3, -0.25) is 4.98 Å². The number of aromatic nitrogens is 4. The fourth-order valence-corrected chi connectivity index (χ4v) is 13.2. The fraction of sp³-hybridized carbons (Fsp3) is 0.225. The van der Waals surface area contributed by atoms with E-state index in [1.807, 2.05) is 36.4 Å². The van der Waals surface area contributed by atoms with Gasteiger partial charge in [0, 0.05) is 66.5 Å². The van der Waals surface area contributed by atoms with Crippen LogP contribution in [0.4, 0.5) is 5.95 Å². The van der Waals surface area contributed by atoms with Gasteiger partial charge in [-0.05, 0) is 57.4 Å². The van der Waals surface area contributed by atoms with Crippen LogP contribution in [0.2, 0.25) is 5.04 Å². The Hall–Kier alpha value is -5.12. The molecule has 0 spiro atoms. The van der Waals surface area contributed by atoms with Gasteiger partial charge >= 0.3 is 0 Å². The van der Waals surface area contributed by atoms with Gasteiger partial charge in [0.25, 0.3) is 18.3 Å². The van der Waals surface area contributed by atoms with Crippen LogP contribution in [-0.4, -0.2) is 73.3 Å². The highest BCUT2D eigenvalue weighted by molar-refractivity contribution is 7.89. The van der Waals surface area contributed by atoms with Crippen molar-refractivity contribution in [1.29, 1.82) is 0 Å². The zero-order chi connectivity index (χ0) is 35.6. The van der Waals surface area contributed by atoms with Gasteiger partial charge in [-0.2, -0.15) is 4.31 Å². The van der Waals surface area contributed by atoms with Crippen LogP contribution in [0.5, 0.6) is 0 Å². The second-order valence-electron chi connectivity index (χ2n) is 13.8. The largest absolute Gasteiger partial charge is 0.405 e. The number of benzene rings is 3. The number of pyridine rings is 1. The average molecular weight is 713 g/mol. The summed E-state index contributed by atoms with van der Waals surface area (Å²) in [6, 6.07) is 31.4. The second kappa shape index (κ2) is 13.9. The summed E-state index contributed by atoms with van der Waals surface area (Å²) in [5.74, 6) is 3.15. The van der Waals surface area contributed by atoms with E-state index in [4.69, 9.17) is 20.8 Å². The van der Waals surface area contributed by atoms with E-state index < -0.39 is 18.3 Å². The van der Waals surface area contributed by atoms with Crippen molar-refractivity contribution in [3.8, 4) is 23.5 Å². The lowest BCUT2D eigenvalue weighted by Crippen LogP contribution is -2.68. The first-order valence-electron chi connectivity index (χ1n) is 16.9. The summed E-state index contributed by atoms with van der Waals surface area (Å²) in [5, 5.41) is 2.92. The summed E-state index contributed by atoms with van der Waals surface area (Å²) in [4.78, 5) is 18.9. The highest BCUT2D eigenvalue weighted by Crippen LogP contribution is 2.37. The third-order valence-electron chi connectivity index (χ3n) is 9.64. The Bertz CT molecular complexity index is 2230. The Morgan fingerprint density at radius 2 is 1.53 bits per heavy atom. The highest BCUT2D eigenvalue weighted by atomic mass is 32.2. The van der Waals surface area contributed by atoms with Crippen LogP contribution in [0.25, 0.3) is 22.0 Å². The topological polar surface area (TPSA) is 104 Å². The molecular weight excluding hydrogens is 673 g/mol. The Morgan fingerprint density at radius 3 is 2.14 bits per heavy atom. The number of anilines is 1. The zero-order valence-electron chi connectivity index (χ0n) is 28.9. The van der Waals surface area contributed by atoms with Gasteiger partial charge in [0.05, 0.1) is 12.6 Å². The second-order valence-corrected chi connectivity index (χ2v) is 20.0. The van der Waals surface area contributed by atoms with Crippen molar-refractivity contribution >= 4 is 45.6 Å². The molecule has 1 unspecified atom stereocenters. The van der Waals surface area contributed by atoms with E-state index >= 15 is 0 Å². The Kier molecular flexibility index (Phi) is 9.35. The third kappa shape index (κ3) is 6.59. The van der Waals surface area contributed by atoms with Crippen LogP contribution in [0, 0.1) is 12.3 Å². The first-order chi connectivity index (χ1) is 24.6. The van der Waals surface area contributed by atoms with E-state index in [1.165, 1.54) is 0 Å². The molecule has 4 heterocycles. The Labute approximate surface area is 300 Å². The van der Waals surface area contributed by atoms with Crippen molar-refractivity contribution in [3.63, 3.8) is 0 Å². The van der Waals surface area contributed by atoms with Crippen LogP contribution >= 0.6 is 0 Å². The number of rotatable bonds is 9. The number of hydrogen-bond acceptors (Lipinski definition) is 7. The molecule has 3 aromatic carbocycles. The molecule has 0 saturated carbocycles. The molecule has 1 aliphatic heterocycles. The molecule has 3 aromatic heterocycles. The highest BCUT2D eigenvalue weighted by Gasteiger charge is 2.51. The number of hydrogen-bond donors (Lipinski definition) is 1. The molecule has 0 aliphatic carbocycles. The van der Waals surface area contributed by atoms with E-state index in [-0.39, 0.29) is 35.8 Å². The van der Waals surface area contributed by atoms with Gasteiger partial charge in [0.1, 0.15) is 5.03 Å². The predicted octanol–water partition coefficient (Wildman–Crippen LogP) is 5.46. The minimum atomic E-state index is -3.90. The first kappa shape index (κ1) is 34.3. The minimum Gasteiger partial charge on any atom is -0.405 e. The first-order valence-corrected chi connectivity index (χ1v) is 20.3. The monoisotopic (exact) mass is 712 g/mol. The number of H-pyrrole nitrogens is 1. The zero-order valence-corrected chi connectivity index (χ0v) is 30.7. The van der Waals surface area contributed by atoms with Crippen LogP contribution < -0.4 is 15.3 Å². The van der Waals surface area contributed by atoms with E-state index in [0.717, 1.165) is 26.9 Å². The average Bonchev–Trinajstić information content (AvgIpc) is 3.60. The van der Waals surface area contributed by atoms with Crippen LogP contribution in [0.1, 0.15) is 26.3 Å². The molecule has 1 atom stereocenters. The van der Waals surface area contributed by atoms with E-state index in [1.54, 1.807) is 41.2 Å². The number of nitrogens with zero attached hydrogens (tertiary/aromatic N) is 5. The lowest BCUT2D eigenvalue weighted by Gasteiger charge is -2.46. The van der Waals surface area contributed by atoms with Gasteiger partial charge in [-0.25, -0.2) is 18.4 Å². The van der Waals surface area contributed by atoms with E-state index in [9.17, 15) is 8.42 Å². The lowest BCUT2D eigenvalue weighted by atomic mass is 10.1. The summed E-state index contributed by atoms with van der Waals surface area (Å²) in [6.45, 7) is 7.77. The fourth-order valence-electron chi connectivity index (χ4n) is 7.07. The summed E-state index contributed by atoms with van der Waals surface area (Å²) < 4.78 is 37.5. The minimum absolute atomic E-state index is 0.129. The van der Waals surface area contributed by atoms with Gasteiger partial charge in [-0.1, -0.05) is 87.4 Å². The van der Waals surface area contributed by atoms with Crippen molar-refractivity contribution in [1.82, 2.24) is 24.2 Å². The summed E-state index contributed by atoms with van der Waals surface area (Å²) >= 11 is 0. The molecule has 0 amide bonds. The van der Waals surface area contributed by atoms with Crippen molar-refractivity contribution in [2.75, 3.05) is 31.1 Å². The third-order valence-corrected chi connectivity index (χ3v) is 16.4. The van der Waals surface area contributed by atoms with Crippen LogP contribution in [0.3, 0.4) is 0 Å². The lowest BCUT2D eigenvalue weighted by molar-refractivity contribution is 0.222. The number of aromatic amines is 1. The summed E-state index contributed by atoms with van der Waals surface area (Å²) in [7, 11) is -6.85. The molecule has 6 aromatic rings. The number of sulfonamides is 1. The molecule has 1 aliphatic rings. The number of terminal acetylenes is 1. The molecule has 1 N–H and O–H groups in total. The van der Waals surface area contributed by atoms with Crippen LogP contribution in [-0.2, 0) is 14.4 Å². The van der Waals surface area contributed by atoms with Crippen molar-refractivity contribution < 1.29 is 12.8 Å². The van der Waals surface area contributed by atoms with Gasteiger partial charge < -0.3 is 14.3 Å². The van der Waals surface area contributed by atoms with Crippen LogP contribution in [0.15, 0.2) is 127 Å². The molecule has 9 nitrogen and oxygen atoms in total. The van der Waals surface area contributed by atoms with Crippen molar-refractivity contribution in [2.24, 2.45) is 0 Å². The van der Waals surface area contributed by atoms with Gasteiger partial charge in [0.15, 0.2) is 0 Å². The Balaban J connectivity index is 1.26. The standard InChI is InChI=1S/C40H40N6O3SSi/c1-5-30-16-17-37-32(24-30)25-38(44-37)50(47,48)45-22-23-46(39-42-26-33(27-43-39)31-18-20-41-21-19-31)34(28-45)29-49-51(40(2,3)4,35-12-8-6-9-13-35)36-14-10-7-11-15-36/h1,6-21,24-27,34,44H,22-23,28-29H2,2-4H3. The molecule has 0 radical (unpaired) electrons. The smallest absolute Gasteiger partial charge is 0.261 e. The van der Waals surface area contributed by atoms with Gasteiger partial charge in [-0.15, -0.1) is 6.42 Å². The predicted molar refractivity (Wildman–Crippen MR) is 205 cm³/mol. The molecule has 11 heteroatoms. The Morgan fingerprint density at radius 1 is 0.882 bits per heavy atom. The molecule has 0 bridgehead atoms. The van der Waals surface area contributed by atoms with Crippen molar-refractivity contribution in [3.05, 3.63) is 127 Å². The van der Waals surface area contributed by atoms with E-state index in [2.05, 4.69) is 90.1 Å². The van der Waals surface area contributed by atoms with Crippen molar-refractivity contribution in [2.45, 2.75) is 36.9 Å². The quantitative estimate of drug-likeness (QED) is 0.157. The maximum absolute atomic E-state index is 14.3. The number of piperazine rings is 1.